The molecule has 2 aromatic rings. The molecule has 1 aliphatic heterocycles. The van der Waals surface area contributed by atoms with E-state index >= 15 is 0 Å². The molecule has 1 aromatic carbocycles. The van der Waals surface area contributed by atoms with Gasteiger partial charge in [0.25, 0.3) is 5.91 Å². The van der Waals surface area contributed by atoms with Crippen LogP contribution in [0.15, 0.2) is 55.0 Å². The predicted octanol–water partition coefficient (Wildman–Crippen LogP) is 2.41. The maximum absolute atomic E-state index is 12.8. The van der Waals surface area contributed by atoms with E-state index in [1.165, 1.54) is 4.90 Å². The van der Waals surface area contributed by atoms with Crippen molar-refractivity contribution >= 4 is 17.9 Å². The molecule has 1 saturated heterocycles. The molecule has 1 fully saturated rings. The summed E-state index contributed by atoms with van der Waals surface area (Å²) < 4.78 is 0. The largest absolute Gasteiger partial charge is 0.347 e. The molecule has 0 aliphatic carbocycles. The van der Waals surface area contributed by atoms with Crippen molar-refractivity contribution in [2.45, 2.75) is 31.7 Å². The SMILES string of the molecule is C=CC(C)(C)c1[nH]cnc1/C=C1/C(=O)NC(Cc2ccccc2)C(=O)N1C. The molecule has 0 saturated carbocycles. The summed E-state index contributed by atoms with van der Waals surface area (Å²) in [6.07, 6.45) is 5.49. The van der Waals surface area contributed by atoms with E-state index in [4.69, 9.17) is 0 Å². The second-order valence-electron chi connectivity index (χ2n) is 7.23. The number of piperazine rings is 1. The molecule has 0 spiro atoms. The number of aromatic nitrogens is 2. The first kappa shape index (κ1) is 18.6. The first-order valence-electron chi connectivity index (χ1n) is 8.85. The van der Waals surface area contributed by atoms with Crippen LogP contribution in [0.3, 0.4) is 0 Å². The number of hydrogen-bond acceptors (Lipinski definition) is 3. The lowest BCUT2D eigenvalue weighted by Crippen LogP contribution is -2.56. The summed E-state index contributed by atoms with van der Waals surface area (Å²) in [6, 6.07) is 9.06. The van der Waals surface area contributed by atoms with Crippen molar-refractivity contribution in [1.29, 1.82) is 0 Å². The number of allylic oxidation sites excluding steroid dienone is 1. The standard InChI is InChI=1S/C21H24N4O2/c1-5-21(2,3)18-15(22-13-23-18)12-17-19(26)24-16(20(27)25(17)4)11-14-9-7-6-8-10-14/h5-10,12-13,16H,1,11H2,2-4H3,(H,22,23)(H,24,26)/b17-12-. The third-order valence-electron chi connectivity index (χ3n) is 4.91. The van der Waals surface area contributed by atoms with Crippen LogP contribution in [-0.4, -0.2) is 39.8 Å². The Kier molecular flexibility index (Phi) is 4.99. The van der Waals surface area contributed by atoms with Gasteiger partial charge >= 0.3 is 0 Å². The number of amides is 2. The quantitative estimate of drug-likeness (QED) is 0.632. The molecular formula is C21H24N4O2. The van der Waals surface area contributed by atoms with E-state index in [9.17, 15) is 9.59 Å². The Balaban J connectivity index is 1.87. The highest BCUT2D eigenvalue weighted by Crippen LogP contribution is 2.27. The number of benzene rings is 1. The van der Waals surface area contributed by atoms with Crippen molar-refractivity contribution in [2.75, 3.05) is 7.05 Å². The minimum Gasteiger partial charge on any atom is -0.347 e. The normalized spacial score (nSPS) is 19.3. The third kappa shape index (κ3) is 3.69. The fourth-order valence-electron chi connectivity index (χ4n) is 3.11. The second kappa shape index (κ2) is 7.23. The van der Waals surface area contributed by atoms with Gasteiger partial charge in [0, 0.05) is 18.9 Å². The van der Waals surface area contributed by atoms with Gasteiger partial charge in [0.2, 0.25) is 5.91 Å². The minimum absolute atomic E-state index is 0.148. The van der Waals surface area contributed by atoms with E-state index in [1.807, 2.05) is 50.3 Å². The van der Waals surface area contributed by atoms with Gasteiger partial charge in [-0.25, -0.2) is 4.98 Å². The number of nitrogens with zero attached hydrogens (tertiary/aromatic N) is 2. The number of imidazole rings is 1. The van der Waals surface area contributed by atoms with Crippen LogP contribution in [0.2, 0.25) is 0 Å². The van der Waals surface area contributed by atoms with Gasteiger partial charge in [0.05, 0.1) is 17.7 Å². The van der Waals surface area contributed by atoms with Gasteiger partial charge in [-0.1, -0.05) is 50.3 Å². The molecule has 140 valence electrons. The molecule has 0 bridgehead atoms. The highest BCUT2D eigenvalue weighted by Gasteiger charge is 2.35. The van der Waals surface area contributed by atoms with Gasteiger partial charge in [-0.15, -0.1) is 6.58 Å². The molecule has 27 heavy (non-hydrogen) atoms. The predicted molar refractivity (Wildman–Crippen MR) is 105 cm³/mol. The molecule has 1 aliphatic rings. The Morgan fingerprint density at radius 3 is 2.63 bits per heavy atom. The van der Waals surface area contributed by atoms with Crippen LogP contribution in [0.25, 0.3) is 6.08 Å². The number of likely N-dealkylation sites (N-methyl/N-ethyl adjacent to an activating group) is 1. The number of aromatic amines is 1. The Morgan fingerprint density at radius 1 is 1.26 bits per heavy atom. The minimum atomic E-state index is -0.578. The van der Waals surface area contributed by atoms with Crippen LogP contribution in [0.5, 0.6) is 0 Å². The first-order valence-corrected chi connectivity index (χ1v) is 8.85. The fraction of sp³-hybridized carbons (Fsp3) is 0.286. The summed E-state index contributed by atoms with van der Waals surface area (Å²) in [5.74, 6) is -0.437. The molecule has 0 radical (unpaired) electrons. The molecule has 1 atom stereocenters. The van der Waals surface area contributed by atoms with Crippen LogP contribution in [0, 0.1) is 0 Å². The van der Waals surface area contributed by atoms with E-state index in [0.29, 0.717) is 12.1 Å². The topological polar surface area (TPSA) is 78.1 Å². The van der Waals surface area contributed by atoms with E-state index in [2.05, 4.69) is 21.9 Å². The summed E-state index contributed by atoms with van der Waals surface area (Å²) in [5, 5.41) is 2.82. The lowest BCUT2D eigenvalue weighted by atomic mass is 9.88. The number of carbonyl (C=O) groups is 2. The average Bonchev–Trinajstić information content (AvgIpc) is 3.13. The van der Waals surface area contributed by atoms with E-state index in [1.54, 1.807) is 19.5 Å². The number of H-pyrrole nitrogens is 1. The van der Waals surface area contributed by atoms with Crippen LogP contribution >= 0.6 is 0 Å². The molecule has 3 rings (SSSR count). The molecule has 1 aromatic heterocycles. The van der Waals surface area contributed by atoms with Crippen LogP contribution in [0.4, 0.5) is 0 Å². The zero-order valence-corrected chi connectivity index (χ0v) is 15.8. The molecule has 2 N–H and O–H groups in total. The summed E-state index contributed by atoms with van der Waals surface area (Å²) in [5.41, 5.74) is 2.39. The lowest BCUT2D eigenvalue weighted by molar-refractivity contribution is -0.138. The zero-order chi connectivity index (χ0) is 19.6. The summed E-state index contributed by atoms with van der Waals surface area (Å²) in [7, 11) is 1.62. The molecule has 6 nitrogen and oxygen atoms in total. The van der Waals surface area contributed by atoms with Crippen LogP contribution < -0.4 is 5.32 Å². The first-order chi connectivity index (χ1) is 12.8. The van der Waals surface area contributed by atoms with E-state index in [0.717, 1.165) is 11.3 Å². The third-order valence-corrected chi connectivity index (χ3v) is 4.91. The Labute approximate surface area is 159 Å². The maximum atomic E-state index is 12.8. The van der Waals surface area contributed by atoms with Crippen molar-refractivity contribution in [2.24, 2.45) is 0 Å². The number of rotatable bonds is 5. The van der Waals surface area contributed by atoms with E-state index < -0.39 is 6.04 Å². The van der Waals surface area contributed by atoms with Gasteiger partial charge in [0.15, 0.2) is 0 Å². The monoisotopic (exact) mass is 364 g/mol. The van der Waals surface area contributed by atoms with Crippen LogP contribution in [-0.2, 0) is 21.4 Å². The average molecular weight is 364 g/mol. The van der Waals surface area contributed by atoms with E-state index in [-0.39, 0.29) is 22.9 Å². The smallest absolute Gasteiger partial charge is 0.268 e. The molecule has 2 heterocycles. The Hall–Kier alpha value is -3.15. The Morgan fingerprint density at radius 2 is 1.96 bits per heavy atom. The van der Waals surface area contributed by atoms with Crippen molar-refractivity contribution in [3.63, 3.8) is 0 Å². The van der Waals surface area contributed by atoms with Crippen molar-refractivity contribution in [1.82, 2.24) is 20.2 Å². The maximum Gasteiger partial charge on any atom is 0.268 e. The molecule has 2 amide bonds. The lowest BCUT2D eigenvalue weighted by Gasteiger charge is -2.32. The molecule has 6 heteroatoms. The highest BCUT2D eigenvalue weighted by molar-refractivity contribution is 6.07. The molecule has 1 unspecified atom stereocenters. The molecular weight excluding hydrogens is 340 g/mol. The van der Waals surface area contributed by atoms with Gasteiger partial charge < -0.3 is 15.2 Å². The van der Waals surface area contributed by atoms with Gasteiger partial charge in [0.1, 0.15) is 11.7 Å². The Bertz CT molecular complexity index is 896. The van der Waals surface area contributed by atoms with Gasteiger partial charge in [-0.05, 0) is 11.6 Å². The summed E-state index contributed by atoms with van der Waals surface area (Å²) in [4.78, 5) is 34.3. The fourth-order valence-corrected chi connectivity index (χ4v) is 3.11. The summed E-state index contributed by atoms with van der Waals surface area (Å²) in [6.45, 7) is 7.86. The number of nitrogens with one attached hydrogen (secondary N) is 2. The highest BCUT2D eigenvalue weighted by atomic mass is 16.2. The van der Waals surface area contributed by atoms with Crippen molar-refractivity contribution in [3.05, 3.63) is 72.0 Å². The van der Waals surface area contributed by atoms with Gasteiger partial charge in [-0.2, -0.15) is 0 Å². The summed E-state index contributed by atoms with van der Waals surface area (Å²) >= 11 is 0. The van der Waals surface area contributed by atoms with Gasteiger partial charge in [-0.3, -0.25) is 9.59 Å². The van der Waals surface area contributed by atoms with Crippen molar-refractivity contribution in [3.8, 4) is 0 Å². The van der Waals surface area contributed by atoms with Crippen LogP contribution in [0.1, 0.15) is 30.8 Å². The van der Waals surface area contributed by atoms with Crippen molar-refractivity contribution < 1.29 is 9.59 Å². The second-order valence-corrected chi connectivity index (χ2v) is 7.23. The zero-order valence-electron chi connectivity index (χ0n) is 15.8. The number of hydrogen-bond donors (Lipinski definition) is 2. The number of carbonyl (C=O) groups excluding carboxylic acids is 2.